The summed E-state index contributed by atoms with van der Waals surface area (Å²) in [6.45, 7) is 1.92. The Morgan fingerprint density at radius 3 is 3.00 bits per heavy atom. The van der Waals surface area contributed by atoms with Crippen LogP contribution in [-0.2, 0) is 4.79 Å². The minimum absolute atomic E-state index is 0.0220. The van der Waals surface area contributed by atoms with Gasteiger partial charge in [-0.15, -0.1) is 0 Å². The largest absolute Gasteiger partial charge is 0.483 e. The Bertz CT molecular complexity index is 780. The van der Waals surface area contributed by atoms with Crippen molar-refractivity contribution in [1.82, 2.24) is 10.2 Å². The third kappa shape index (κ3) is 3.02. The maximum Gasteiger partial charge on any atom is 0.262 e. The minimum Gasteiger partial charge on any atom is -0.483 e. The number of hydrogen-bond acceptors (Lipinski definition) is 3. The quantitative estimate of drug-likeness (QED) is 0.772. The van der Waals surface area contributed by atoms with Gasteiger partial charge in [0.05, 0.1) is 11.7 Å². The number of ether oxygens (including phenoxy) is 1. The van der Waals surface area contributed by atoms with Crippen molar-refractivity contribution in [3.63, 3.8) is 0 Å². The van der Waals surface area contributed by atoms with Gasteiger partial charge in [-0.1, -0.05) is 18.2 Å². The lowest BCUT2D eigenvalue weighted by atomic mass is 10.2. The Hall–Kier alpha value is -2.82. The molecule has 0 aliphatic rings. The highest BCUT2D eigenvalue weighted by molar-refractivity contribution is 5.94. The van der Waals surface area contributed by atoms with Crippen molar-refractivity contribution in [2.75, 3.05) is 11.9 Å². The Balaban J connectivity index is 1.62. The van der Waals surface area contributed by atoms with Crippen molar-refractivity contribution in [2.45, 2.75) is 6.92 Å². The topological polar surface area (TPSA) is 67.0 Å². The number of hydrogen-bond donors (Lipinski definition) is 2. The van der Waals surface area contributed by atoms with Gasteiger partial charge in [-0.25, -0.2) is 0 Å². The third-order valence-corrected chi connectivity index (χ3v) is 3.18. The van der Waals surface area contributed by atoms with Crippen LogP contribution in [0.2, 0.25) is 0 Å². The van der Waals surface area contributed by atoms with Crippen LogP contribution in [-0.4, -0.2) is 22.7 Å². The second-order valence-electron chi connectivity index (χ2n) is 4.77. The van der Waals surface area contributed by atoms with Crippen LogP contribution in [0.3, 0.4) is 0 Å². The Kier molecular flexibility index (Phi) is 3.55. The summed E-state index contributed by atoms with van der Waals surface area (Å²) in [5.41, 5.74) is 2.60. The lowest BCUT2D eigenvalue weighted by Crippen LogP contribution is -2.20. The molecule has 5 heteroatoms. The van der Waals surface area contributed by atoms with Gasteiger partial charge in [0.1, 0.15) is 5.75 Å². The molecule has 0 aliphatic heterocycles. The van der Waals surface area contributed by atoms with Crippen molar-refractivity contribution < 1.29 is 9.53 Å². The first-order chi connectivity index (χ1) is 10.2. The predicted molar refractivity (Wildman–Crippen MR) is 81.4 cm³/mol. The number of nitrogens with zero attached hydrogens (tertiary/aromatic N) is 1. The van der Waals surface area contributed by atoms with E-state index in [2.05, 4.69) is 15.5 Å². The van der Waals surface area contributed by atoms with Crippen LogP contribution in [0.4, 0.5) is 5.69 Å². The first kappa shape index (κ1) is 13.2. The highest BCUT2D eigenvalue weighted by Crippen LogP contribution is 2.18. The number of fused-ring (bicyclic) bond motifs is 1. The van der Waals surface area contributed by atoms with E-state index in [9.17, 15) is 4.79 Å². The fraction of sp³-hybridized carbons (Fsp3) is 0.125. The maximum atomic E-state index is 11.9. The van der Waals surface area contributed by atoms with Gasteiger partial charge in [0.25, 0.3) is 5.91 Å². The second kappa shape index (κ2) is 5.66. The molecule has 0 atom stereocenters. The van der Waals surface area contributed by atoms with E-state index in [0.717, 1.165) is 22.2 Å². The second-order valence-corrected chi connectivity index (χ2v) is 4.77. The van der Waals surface area contributed by atoms with Crippen LogP contribution in [0, 0.1) is 6.92 Å². The smallest absolute Gasteiger partial charge is 0.262 e. The molecule has 0 bridgehead atoms. The molecule has 0 unspecified atom stereocenters. The highest BCUT2D eigenvalue weighted by Gasteiger charge is 2.06. The van der Waals surface area contributed by atoms with Crippen LogP contribution < -0.4 is 10.1 Å². The number of rotatable bonds is 4. The summed E-state index contributed by atoms with van der Waals surface area (Å²) < 4.78 is 5.51. The molecule has 0 aliphatic carbocycles. The van der Waals surface area contributed by atoms with Crippen molar-refractivity contribution in [3.8, 4) is 5.75 Å². The molecule has 3 rings (SSSR count). The number of aromatic amines is 1. The first-order valence-electron chi connectivity index (χ1n) is 6.64. The average Bonchev–Trinajstić information content (AvgIpc) is 2.94. The predicted octanol–water partition coefficient (Wildman–Crippen LogP) is 2.89. The summed E-state index contributed by atoms with van der Waals surface area (Å²) in [6, 6.07) is 13.2. The molecule has 1 aromatic heterocycles. The van der Waals surface area contributed by atoms with Crippen LogP contribution >= 0.6 is 0 Å². The zero-order chi connectivity index (χ0) is 14.7. The zero-order valence-electron chi connectivity index (χ0n) is 11.6. The molecule has 0 spiro atoms. The lowest BCUT2D eigenvalue weighted by molar-refractivity contribution is -0.118. The summed E-state index contributed by atoms with van der Waals surface area (Å²) in [4.78, 5) is 11.9. The summed E-state index contributed by atoms with van der Waals surface area (Å²) >= 11 is 0. The normalized spacial score (nSPS) is 10.5. The molecule has 0 saturated heterocycles. The number of anilines is 1. The molecule has 0 saturated carbocycles. The number of carbonyl (C=O) groups excluding carboxylic acids is 1. The molecule has 106 valence electrons. The molecular formula is C16H15N3O2. The van der Waals surface area contributed by atoms with E-state index in [1.807, 2.05) is 49.4 Å². The first-order valence-corrected chi connectivity index (χ1v) is 6.64. The van der Waals surface area contributed by atoms with Crippen LogP contribution in [0.5, 0.6) is 5.75 Å². The fourth-order valence-electron chi connectivity index (χ4n) is 2.07. The Morgan fingerprint density at radius 1 is 1.29 bits per heavy atom. The minimum atomic E-state index is -0.197. The molecule has 2 N–H and O–H groups in total. The van der Waals surface area contributed by atoms with E-state index in [0.29, 0.717) is 5.69 Å². The molecular weight excluding hydrogens is 266 g/mol. The molecule has 0 radical (unpaired) electrons. The highest BCUT2D eigenvalue weighted by atomic mass is 16.5. The van der Waals surface area contributed by atoms with Gasteiger partial charge in [-0.05, 0) is 36.8 Å². The monoisotopic (exact) mass is 281 g/mol. The summed E-state index contributed by atoms with van der Waals surface area (Å²) in [5.74, 6) is 0.522. The number of benzene rings is 2. The van der Waals surface area contributed by atoms with Gasteiger partial charge in [-0.2, -0.15) is 5.10 Å². The average molecular weight is 281 g/mol. The Labute approximate surface area is 121 Å². The SMILES string of the molecule is Cc1ccccc1OCC(=O)Nc1ccc2cn[nH]c2c1. The van der Waals surface area contributed by atoms with E-state index < -0.39 is 0 Å². The summed E-state index contributed by atoms with van der Waals surface area (Å²) in [6.07, 6.45) is 1.74. The number of nitrogens with one attached hydrogen (secondary N) is 2. The Morgan fingerprint density at radius 2 is 2.14 bits per heavy atom. The van der Waals surface area contributed by atoms with Crippen molar-refractivity contribution in [3.05, 3.63) is 54.2 Å². The maximum absolute atomic E-state index is 11.9. The van der Waals surface area contributed by atoms with Crippen molar-refractivity contribution >= 4 is 22.5 Å². The lowest BCUT2D eigenvalue weighted by Gasteiger charge is -2.09. The molecule has 21 heavy (non-hydrogen) atoms. The van der Waals surface area contributed by atoms with E-state index in [1.165, 1.54) is 0 Å². The van der Waals surface area contributed by atoms with E-state index in [-0.39, 0.29) is 12.5 Å². The van der Waals surface area contributed by atoms with Gasteiger partial charge in [0.15, 0.2) is 6.61 Å². The number of H-pyrrole nitrogens is 1. The summed E-state index contributed by atoms with van der Waals surface area (Å²) in [5, 5.41) is 10.6. The molecule has 3 aromatic rings. The number of amides is 1. The molecule has 0 fully saturated rings. The van der Waals surface area contributed by atoms with E-state index in [4.69, 9.17) is 4.74 Å². The van der Waals surface area contributed by atoms with Gasteiger partial charge in [0, 0.05) is 11.1 Å². The fourth-order valence-corrected chi connectivity index (χ4v) is 2.07. The van der Waals surface area contributed by atoms with Gasteiger partial charge in [-0.3, -0.25) is 9.89 Å². The number of carbonyl (C=O) groups is 1. The third-order valence-electron chi connectivity index (χ3n) is 3.18. The van der Waals surface area contributed by atoms with Crippen molar-refractivity contribution in [1.29, 1.82) is 0 Å². The van der Waals surface area contributed by atoms with Crippen LogP contribution in [0.1, 0.15) is 5.56 Å². The van der Waals surface area contributed by atoms with Gasteiger partial charge >= 0.3 is 0 Å². The molecule has 2 aromatic carbocycles. The zero-order valence-corrected chi connectivity index (χ0v) is 11.6. The van der Waals surface area contributed by atoms with Crippen LogP contribution in [0.15, 0.2) is 48.7 Å². The standard InChI is InChI=1S/C16H15N3O2/c1-11-4-2-3-5-15(11)21-10-16(20)18-13-7-6-12-9-17-19-14(12)8-13/h2-9H,10H2,1H3,(H,17,19)(H,18,20). The van der Waals surface area contributed by atoms with Gasteiger partial charge in [0.2, 0.25) is 0 Å². The molecule has 1 amide bonds. The van der Waals surface area contributed by atoms with Gasteiger partial charge < -0.3 is 10.1 Å². The van der Waals surface area contributed by atoms with Crippen molar-refractivity contribution in [2.24, 2.45) is 0 Å². The molecule has 5 nitrogen and oxygen atoms in total. The number of aryl methyl sites for hydroxylation is 1. The molecule has 1 heterocycles. The number of para-hydroxylation sites is 1. The summed E-state index contributed by atoms with van der Waals surface area (Å²) in [7, 11) is 0. The van der Waals surface area contributed by atoms with E-state index in [1.54, 1.807) is 6.20 Å². The number of aromatic nitrogens is 2. The van der Waals surface area contributed by atoms with E-state index >= 15 is 0 Å². The van der Waals surface area contributed by atoms with Crippen LogP contribution in [0.25, 0.3) is 10.9 Å².